The standard InChI is InChI=1S/C16H13NO6/c1-22-15-7-9(6-11(16(15)19)17(20)21)14-8-12(18)10-4-2-3-5-13(10)23-14/h2-7,14,19H,8H2,1H3. The minimum absolute atomic E-state index is 0.0379. The fraction of sp³-hybridized carbons (Fsp3) is 0.188. The third kappa shape index (κ3) is 2.57. The molecule has 0 aromatic heterocycles. The number of nitrogens with zero attached hydrogens (tertiary/aromatic N) is 1. The fourth-order valence-corrected chi connectivity index (χ4v) is 2.55. The number of carbonyl (C=O) groups is 1. The summed E-state index contributed by atoms with van der Waals surface area (Å²) in [6.45, 7) is 0. The maximum Gasteiger partial charge on any atom is 0.315 e. The van der Waals surface area contributed by atoms with Crippen LogP contribution in [0.3, 0.4) is 0 Å². The minimum Gasteiger partial charge on any atom is -0.500 e. The van der Waals surface area contributed by atoms with Crippen molar-refractivity contribution in [3.05, 3.63) is 57.6 Å². The molecule has 0 saturated heterocycles. The molecule has 7 heteroatoms. The van der Waals surface area contributed by atoms with Gasteiger partial charge in [0.25, 0.3) is 0 Å². The van der Waals surface area contributed by atoms with Crippen molar-refractivity contribution in [2.75, 3.05) is 7.11 Å². The Balaban J connectivity index is 2.05. The van der Waals surface area contributed by atoms with Gasteiger partial charge in [0.05, 0.1) is 24.0 Å². The second-order valence-corrected chi connectivity index (χ2v) is 5.08. The highest BCUT2D eigenvalue weighted by atomic mass is 16.6. The maximum atomic E-state index is 12.2. The molecule has 1 unspecified atom stereocenters. The number of nitro benzene ring substituents is 1. The van der Waals surface area contributed by atoms with Gasteiger partial charge in [-0.25, -0.2) is 0 Å². The van der Waals surface area contributed by atoms with Crippen LogP contribution in [0, 0.1) is 10.1 Å². The Morgan fingerprint density at radius 1 is 1.35 bits per heavy atom. The molecule has 0 radical (unpaired) electrons. The zero-order valence-electron chi connectivity index (χ0n) is 12.2. The Hall–Kier alpha value is -3.09. The first-order valence-electron chi connectivity index (χ1n) is 6.85. The Kier molecular flexibility index (Phi) is 3.61. The van der Waals surface area contributed by atoms with E-state index in [0.717, 1.165) is 0 Å². The molecule has 0 saturated carbocycles. The number of para-hydroxylation sites is 1. The second kappa shape index (κ2) is 5.60. The third-order valence-electron chi connectivity index (χ3n) is 3.69. The molecule has 1 aliphatic heterocycles. The average Bonchev–Trinajstić information content (AvgIpc) is 2.54. The zero-order valence-corrected chi connectivity index (χ0v) is 12.2. The predicted octanol–water partition coefficient (Wildman–Crippen LogP) is 3.02. The molecule has 2 aromatic rings. The number of Topliss-reactive ketones (excluding diaryl/α,β-unsaturated/α-hetero) is 1. The van der Waals surface area contributed by atoms with Gasteiger partial charge in [-0.05, 0) is 18.2 Å². The summed E-state index contributed by atoms with van der Waals surface area (Å²) in [4.78, 5) is 22.6. The number of nitro groups is 1. The SMILES string of the molecule is COc1cc(C2CC(=O)c3ccccc3O2)cc([N+](=O)[O-])c1O. The topological polar surface area (TPSA) is 98.9 Å². The number of aromatic hydroxyl groups is 1. The molecule has 1 N–H and O–H groups in total. The average molecular weight is 315 g/mol. The van der Waals surface area contributed by atoms with Gasteiger partial charge in [0, 0.05) is 11.6 Å². The van der Waals surface area contributed by atoms with Crippen LogP contribution in [-0.4, -0.2) is 22.9 Å². The van der Waals surface area contributed by atoms with Crippen molar-refractivity contribution in [1.29, 1.82) is 0 Å². The Bertz CT molecular complexity index is 801. The number of phenols is 1. The summed E-state index contributed by atoms with van der Waals surface area (Å²) in [6.07, 6.45) is -0.618. The molecular formula is C16H13NO6. The van der Waals surface area contributed by atoms with Gasteiger partial charge in [-0.2, -0.15) is 0 Å². The minimum atomic E-state index is -0.708. The van der Waals surface area contributed by atoms with Gasteiger partial charge >= 0.3 is 5.69 Å². The maximum absolute atomic E-state index is 12.2. The normalized spacial score (nSPS) is 16.4. The van der Waals surface area contributed by atoms with E-state index in [4.69, 9.17) is 9.47 Å². The van der Waals surface area contributed by atoms with Crippen LogP contribution < -0.4 is 9.47 Å². The van der Waals surface area contributed by atoms with Gasteiger partial charge in [-0.3, -0.25) is 14.9 Å². The number of fused-ring (bicyclic) bond motifs is 1. The zero-order chi connectivity index (χ0) is 16.6. The smallest absolute Gasteiger partial charge is 0.315 e. The quantitative estimate of drug-likeness (QED) is 0.690. The van der Waals surface area contributed by atoms with E-state index in [1.165, 1.54) is 19.2 Å². The number of ketones is 1. The van der Waals surface area contributed by atoms with Crippen LogP contribution in [0.2, 0.25) is 0 Å². The highest BCUT2D eigenvalue weighted by Crippen LogP contribution is 2.42. The lowest BCUT2D eigenvalue weighted by atomic mass is 9.95. The molecule has 3 rings (SSSR count). The van der Waals surface area contributed by atoms with Crippen LogP contribution in [0.5, 0.6) is 17.2 Å². The summed E-state index contributed by atoms with van der Waals surface area (Å²) >= 11 is 0. The van der Waals surface area contributed by atoms with E-state index in [-0.39, 0.29) is 18.0 Å². The van der Waals surface area contributed by atoms with Crippen molar-refractivity contribution in [3.63, 3.8) is 0 Å². The monoisotopic (exact) mass is 315 g/mol. The first kappa shape index (κ1) is 14.8. The lowest BCUT2D eigenvalue weighted by Gasteiger charge is -2.25. The van der Waals surface area contributed by atoms with Gasteiger partial charge in [-0.1, -0.05) is 12.1 Å². The van der Waals surface area contributed by atoms with Crippen LogP contribution >= 0.6 is 0 Å². The van der Waals surface area contributed by atoms with E-state index in [0.29, 0.717) is 16.9 Å². The van der Waals surface area contributed by atoms with E-state index in [9.17, 15) is 20.0 Å². The van der Waals surface area contributed by atoms with Gasteiger partial charge in [0.15, 0.2) is 11.5 Å². The largest absolute Gasteiger partial charge is 0.500 e. The summed E-state index contributed by atoms with van der Waals surface area (Å²) in [7, 11) is 1.30. The van der Waals surface area contributed by atoms with Crippen LogP contribution in [0.25, 0.3) is 0 Å². The number of hydrogen-bond donors (Lipinski definition) is 1. The molecule has 118 valence electrons. The van der Waals surface area contributed by atoms with Crippen LogP contribution in [0.15, 0.2) is 36.4 Å². The van der Waals surface area contributed by atoms with Crippen LogP contribution in [0.4, 0.5) is 5.69 Å². The highest BCUT2D eigenvalue weighted by molar-refractivity contribution is 6.00. The molecule has 1 heterocycles. The summed E-state index contributed by atoms with van der Waals surface area (Å²) in [6, 6.07) is 9.47. The summed E-state index contributed by atoms with van der Waals surface area (Å²) in [5.41, 5.74) is 0.396. The van der Waals surface area contributed by atoms with E-state index in [2.05, 4.69) is 0 Å². The molecule has 0 bridgehead atoms. The second-order valence-electron chi connectivity index (χ2n) is 5.08. The molecular weight excluding hydrogens is 302 g/mol. The lowest BCUT2D eigenvalue weighted by molar-refractivity contribution is -0.386. The first-order valence-corrected chi connectivity index (χ1v) is 6.85. The molecule has 2 aromatic carbocycles. The van der Waals surface area contributed by atoms with Gasteiger partial charge in [-0.15, -0.1) is 0 Å². The first-order chi connectivity index (χ1) is 11.0. The fourth-order valence-electron chi connectivity index (χ4n) is 2.55. The molecule has 7 nitrogen and oxygen atoms in total. The van der Waals surface area contributed by atoms with E-state index in [1.807, 2.05) is 0 Å². The number of methoxy groups -OCH3 is 1. The van der Waals surface area contributed by atoms with Crippen molar-refractivity contribution in [1.82, 2.24) is 0 Å². The van der Waals surface area contributed by atoms with Crippen molar-refractivity contribution in [2.45, 2.75) is 12.5 Å². The molecule has 23 heavy (non-hydrogen) atoms. The number of hydrogen-bond acceptors (Lipinski definition) is 6. The molecule has 1 aliphatic rings. The number of benzene rings is 2. The van der Waals surface area contributed by atoms with Gasteiger partial charge < -0.3 is 14.6 Å². The number of rotatable bonds is 3. The third-order valence-corrected chi connectivity index (χ3v) is 3.69. The Morgan fingerprint density at radius 2 is 2.09 bits per heavy atom. The highest BCUT2D eigenvalue weighted by Gasteiger charge is 2.30. The number of carbonyl (C=O) groups excluding carboxylic acids is 1. The van der Waals surface area contributed by atoms with Crippen LogP contribution in [-0.2, 0) is 0 Å². The van der Waals surface area contributed by atoms with E-state index < -0.39 is 22.5 Å². The summed E-state index contributed by atoms with van der Waals surface area (Å²) in [5.74, 6) is -0.261. The van der Waals surface area contributed by atoms with Crippen molar-refractivity contribution < 1.29 is 24.3 Å². The molecule has 0 spiro atoms. The van der Waals surface area contributed by atoms with Crippen molar-refractivity contribution in [2.24, 2.45) is 0 Å². The Morgan fingerprint density at radius 3 is 2.78 bits per heavy atom. The number of ether oxygens (including phenoxy) is 2. The lowest BCUT2D eigenvalue weighted by Crippen LogP contribution is -2.20. The van der Waals surface area contributed by atoms with E-state index in [1.54, 1.807) is 24.3 Å². The predicted molar refractivity (Wildman–Crippen MR) is 80.1 cm³/mol. The van der Waals surface area contributed by atoms with Gasteiger partial charge in [0.1, 0.15) is 11.9 Å². The molecule has 0 aliphatic carbocycles. The van der Waals surface area contributed by atoms with Crippen molar-refractivity contribution >= 4 is 11.5 Å². The molecule has 0 amide bonds. The molecule has 0 fully saturated rings. The molecule has 1 atom stereocenters. The van der Waals surface area contributed by atoms with E-state index >= 15 is 0 Å². The Labute approximate surface area is 131 Å². The summed E-state index contributed by atoms with van der Waals surface area (Å²) < 4.78 is 10.8. The van der Waals surface area contributed by atoms with Gasteiger partial charge in [0.2, 0.25) is 5.75 Å². The summed E-state index contributed by atoms with van der Waals surface area (Å²) in [5, 5.41) is 20.9. The van der Waals surface area contributed by atoms with Crippen molar-refractivity contribution in [3.8, 4) is 17.2 Å². The van der Waals surface area contributed by atoms with Crippen LogP contribution in [0.1, 0.15) is 28.4 Å². The number of phenolic OH excluding ortho intramolecular Hbond substituents is 1.